The molecule has 0 amide bonds. The zero-order valence-corrected chi connectivity index (χ0v) is 21.1. The molecule has 1 unspecified atom stereocenters. The number of nitrogens with zero attached hydrogens (tertiary/aromatic N) is 3. The second-order valence-corrected chi connectivity index (χ2v) is 11.7. The predicted octanol–water partition coefficient (Wildman–Crippen LogP) is 3.42. The van der Waals surface area contributed by atoms with Gasteiger partial charge in [0.1, 0.15) is 5.60 Å². The third kappa shape index (κ3) is 4.44. The lowest BCUT2D eigenvalue weighted by Crippen LogP contribution is -2.25. The first kappa shape index (κ1) is 23.9. The summed E-state index contributed by atoms with van der Waals surface area (Å²) in [4.78, 5) is 31.7. The molecule has 1 aliphatic carbocycles. The number of aromatic nitrogens is 2. The minimum atomic E-state index is -3.63. The summed E-state index contributed by atoms with van der Waals surface area (Å²) in [5, 5.41) is 0.163. The standard InChI is InChI=1S/C25H29N3O5S/c1-25(2,3)33-23(30)15-7-10-17(11-8-15)27(4)21-12-9-16-13-20-19(14-18(16)21)22(29)28(5)24(26-20)34(6,31)32/h7-8,10-11,13-14,21H,9,12H2,1-6H3. The average molecular weight is 484 g/mol. The van der Waals surface area contributed by atoms with E-state index < -0.39 is 15.4 Å². The van der Waals surface area contributed by atoms with Crippen LogP contribution in [0.4, 0.5) is 5.69 Å². The van der Waals surface area contributed by atoms with Crippen LogP contribution in [0.3, 0.4) is 0 Å². The van der Waals surface area contributed by atoms with Crippen LogP contribution in [0.25, 0.3) is 10.9 Å². The number of carbonyl (C=O) groups excluding carboxylic acids is 1. The van der Waals surface area contributed by atoms with Crippen LogP contribution in [-0.4, -0.2) is 42.8 Å². The Balaban J connectivity index is 1.67. The van der Waals surface area contributed by atoms with Crippen LogP contribution in [-0.2, 0) is 28.0 Å². The van der Waals surface area contributed by atoms with E-state index in [9.17, 15) is 18.0 Å². The van der Waals surface area contributed by atoms with Crippen molar-refractivity contribution < 1.29 is 17.9 Å². The quantitative estimate of drug-likeness (QED) is 0.414. The molecule has 1 atom stereocenters. The number of hydrogen-bond acceptors (Lipinski definition) is 7. The van der Waals surface area contributed by atoms with Gasteiger partial charge in [-0.15, -0.1) is 0 Å². The highest BCUT2D eigenvalue weighted by Crippen LogP contribution is 2.39. The maximum atomic E-state index is 12.9. The van der Waals surface area contributed by atoms with Crippen molar-refractivity contribution >= 4 is 32.4 Å². The van der Waals surface area contributed by atoms with Crippen molar-refractivity contribution in [2.45, 2.75) is 50.4 Å². The van der Waals surface area contributed by atoms with E-state index in [1.807, 2.05) is 52.1 Å². The molecule has 0 aliphatic heterocycles. The first-order valence-corrected chi connectivity index (χ1v) is 13.0. The molecule has 0 saturated heterocycles. The molecule has 9 heteroatoms. The third-order valence-corrected chi connectivity index (χ3v) is 7.08. The normalized spacial score (nSPS) is 15.9. The van der Waals surface area contributed by atoms with Crippen molar-refractivity contribution in [2.75, 3.05) is 18.2 Å². The number of carbonyl (C=O) groups is 1. The monoisotopic (exact) mass is 483 g/mol. The van der Waals surface area contributed by atoms with Gasteiger partial charge in [0.2, 0.25) is 15.0 Å². The lowest BCUT2D eigenvalue weighted by atomic mass is 10.0. The predicted molar refractivity (Wildman–Crippen MR) is 131 cm³/mol. The summed E-state index contributed by atoms with van der Waals surface area (Å²) in [6.07, 6.45) is 2.68. The Morgan fingerprint density at radius 2 is 1.82 bits per heavy atom. The smallest absolute Gasteiger partial charge is 0.338 e. The zero-order valence-electron chi connectivity index (χ0n) is 20.2. The molecule has 4 rings (SSSR count). The fraction of sp³-hybridized carbons (Fsp3) is 0.400. The third-order valence-electron chi connectivity index (χ3n) is 6.05. The van der Waals surface area contributed by atoms with Gasteiger partial charge in [0.25, 0.3) is 5.56 Å². The van der Waals surface area contributed by atoms with Crippen LogP contribution >= 0.6 is 0 Å². The number of hydrogen-bond donors (Lipinski definition) is 0. The van der Waals surface area contributed by atoms with Crippen molar-refractivity contribution in [3.8, 4) is 0 Å². The summed E-state index contributed by atoms with van der Waals surface area (Å²) >= 11 is 0. The Kier molecular flexibility index (Phi) is 5.80. The number of fused-ring (bicyclic) bond motifs is 2. The van der Waals surface area contributed by atoms with Gasteiger partial charge in [-0.3, -0.25) is 9.36 Å². The molecule has 0 saturated carbocycles. The molecule has 3 aromatic rings. The van der Waals surface area contributed by atoms with Crippen molar-refractivity contribution in [1.82, 2.24) is 9.55 Å². The fourth-order valence-corrected chi connectivity index (χ4v) is 5.26. The summed E-state index contributed by atoms with van der Waals surface area (Å²) in [7, 11) is -0.225. The minimum Gasteiger partial charge on any atom is -0.456 e. The van der Waals surface area contributed by atoms with E-state index in [0.717, 1.165) is 40.5 Å². The summed E-state index contributed by atoms with van der Waals surface area (Å²) in [5.41, 5.74) is 2.95. The zero-order chi connectivity index (χ0) is 25.0. The van der Waals surface area contributed by atoms with Gasteiger partial charge in [-0.05, 0) is 81.1 Å². The number of anilines is 1. The van der Waals surface area contributed by atoms with Crippen LogP contribution in [0.15, 0.2) is 46.3 Å². The van der Waals surface area contributed by atoms with E-state index in [4.69, 9.17) is 4.74 Å². The summed E-state index contributed by atoms with van der Waals surface area (Å²) in [6.45, 7) is 5.50. The van der Waals surface area contributed by atoms with Gasteiger partial charge in [0.15, 0.2) is 0 Å². The Morgan fingerprint density at radius 1 is 1.18 bits per heavy atom. The highest BCUT2D eigenvalue weighted by atomic mass is 32.2. The lowest BCUT2D eigenvalue weighted by molar-refractivity contribution is 0.00695. The van der Waals surface area contributed by atoms with Gasteiger partial charge in [-0.2, -0.15) is 0 Å². The Morgan fingerprint density at radius 3 is 2.41 bits per heavy atom. The van der Waals surface area contributed by atoms with Crippen molar-refractivity contribution in [1.29, 1.82) is 0 Å². The molecule has 1 aliphatic rings. The number of sulfone groups is 1. The number of ether oxygens (including phenoxy) is 1. The molecule has 1 heterocycles. The molecule has 2 aromatic carbocycles. The molecular weight excluding hydrogens is 454 g/mol. The van der Waals surface area contributed by atoms with Crippen molar-refractivity contribution in [3.05, 3.63) is 63.4 Å². The molecule has 0 spiro atoms. The van der Waals surface area contributed by atoms with E-state index in [1.54, 1.807) is 12.1 Å². The number of benzene rings is 2. The number of rotatable bonds is 4. The van der Waals surface area contributed by atoms with E-state index >= 15 is 0 Å². The summed E-state index contributed by atoms with van der Waals surface area (Å²) in [5.74, 6) is -0.365. The van der Waals surface area contributed by atoms with Gasteiger partial charge in [0, 0.05) is 26.0 Å². The topological polar surface area (TPSA) is 98.6 Å². The molecule has 0 radical (unpaired) electrons. The SMILES string of the molecule is CN(c1ccc(C(=O)OC(C)(C)C)cc1)C1CCc2cc3nc(S(C)(=O)=O)n(C)c(=O)c3cc21. The van der Waals surface area contributed by atoms with Crippen LogP contribution in [0.5, 0.6) is 0 Å². The first-order valence-electron chi connectivity index (χ1n) is 11.1. The van der Waals surface area contributed by atoms with E-state index in [0.29, 0.717) is 16.5 Å². The van der Waals surface area contributed by atoms with Gasteiger partial charge in [-0.1, -0.05) is 0 Å². The Labute approximate surface area is 199 Å². The fourth-order valence-electron chi connectivity index (χ4n) is 4.42. The Hall–Kier alpha value is -3.20. The van der Waals surface area contributed by atoms with E-state index in [1.165, 1.54) is 7.05 Å². The summed E-state index contributed by atoms with van der Waals surface area (Å²) < 4.78 is 30.6. The van der Waals surface area contributed by atoms with Crippen LogP contribution in [0.1, 0.15) is 54.7 Å². The van der Waals surface area contributed by atoms with E-state index in [2.05, 4.69) is 9.88 Å². The maximum Gasteiger partial charge on any atom is 0.338 e. The van der Waals surface area contributed by atoms with Gasteiger partial charge >= 0.3 is 5.97 Å². The second-order valence-electron chi connectivity index (χ2n) is 9.81. The number of aryl methyl sites for hydroxylation is 1. The van der Waals surface area contributed by atoms with Gasteiger partial charge in [0.05, 0.1) is 22.5 Å². The summed E-state index contributed by atoms with van der Waals surface area (Å²) in [6, 6.07) is 11.0. The second kappa shape index (κ2) is 8.23. The van der Waals surface area contributed by atoms with Gasteiger partial charge in [-0.25, -0.2) is 18.2 Å². The van der Waals surface area contributed by atoms with Crippen molar-refractivity contribution in [3.63, 3.8) is 0 Å². The molecule has 0 bridgehead atoms. The molecule has 0 N–H and O–H groups in total. The molecule has 34 heavy (non-hydrogen) atoms. The Bertz CT molecular complexity index is 1450. The maximum absolute atomic E-state index is 12.9. The first-order chi connectivity index (χ1) is 15.8. The highest BCUT2D eigenvalue weighted by molar-refractivity contribution is 7.90. The molecule has 180 valence electrons. The molecular formula is C25H29N3O5S. The van der Waals surface area contributed by atoms with Gasteiger partial charge < -0.3 is 9.64 Å². The molecule has 8 nitrogen and oxygen atoms in total. The highest BCUT2D eigenvalue weighted by Gasteiger charge is 2.28. The minimum absolute atomic E-state index is 0.0334. The largest absolute Gasteiger partial charge is 0.456 e. The lowest BCUT2D eigenvalue weighted by Gasteiger charge is -2.28. The number of esters is 1. The van der Waals surface area contributed by atoms with Crippen LogP contribution in [0, 0.1) is 0 Å². The molecule has 0 fully saturated rings. The van der Waals surface area contributed by atoms with E-state index in [-0.39, 0.29) is 22.7 Å². The van der Waals surface area contributed by atoms with Crippen molar-refractivity contribution in [2.24, 2.45) is 7.05 Å². The molecule has 1 aromatic heterocycles. The van der Waals surface area contributed by atoms with Crippen LogP contribution in [0.2, 0.25) is 0 Å². The van der Waals surface area contributed by atoms with Crippen LogP contribution < -0.4 is 10.5 Å². The average Bonchev–Trinajstić information content (AvgIpc) is 3.15.